The molecular weight excluding hydrogens is 306 g/mol. The van der Waals surface area contributed by atoms with E-state index >= 15 is 0 Å². The van der Waals surface area contributed by atoms with E-state index in [-0.39, 0.29) is 17.9 Å². The van der Waals surface area contributed by atoms with Crippen molar-refractivity contribution in [2.75, 3.05) is 6.54 Å². The number of rotatable bonds is 5. The van der Waals surface area contributed by atoms with Crippen molar-refractivity contribution in [1.82, 2.24) is 4.72 Å². The third kappa shape index (κ3) is 2.68. The van der Waals surface area contributed by atoms with Crippen LogP contribution in [0.2, 0.25) is 0 Å². The van der Waals surface area contributed by atoms with Gasteiger partial charge in [-0.25, -0.2) is 13.1 Å². The molecule has 2 aromatic carbocycles. The second-order valence-electron chi connectivity index (χ2n) is 4.80. The Hall–Kier alpha value is -2.38. The van der Waals surface area contributed by atoms with Crippen LogP contribution in [0.3, 0.4) is 0 Å². The molecule has 7 heteroatoms. The summed E-state index contributed by atoms with van der Waals surface area (Å²) < 4.78 is 32.2. The van der Waals surface area contributed by atoms with Gasteiger partial charge in [0, 0.05) is 23.4 Å². The van der Waals surface area contributed by atoms with Gasteiger partial charge in [-0.15, -0.1) is 0 Å². The quantitative estimate of drug-likeness (QED) is 0.752. The summed E-state index contributed by atoms with van der Waals surface area (Å²) in [6, 6.07) is 12.1. The number of carboxylic acids is 1. The van der Waals surface area contributed by atoms with Gasteiger partial charge in [0.15, 0.2) is 0 Å². The molecule has 0 unspecified atom stereocenters. The molecular formula is C15H13NO5S. The first kappa shape index (κ1) is 14.6. The second kappa shape index (κ2) is 5.43. The Kier molecular flexibility index (Phi) is 3.59. The average Bonchev–Trinajstić information content (AvgIpc) is 2.84. The van der Waals surface area contributed by atoms with E-state index in [0.29, 0.717) is 11.2 Å². The van der Waals surface area contributed by atoms with Crippen LogP contribution in [-0.2, 0) is 14.8 Å². The van der Waals surface area contributed by atoms with Crippen molar-refractivity contribution in [3.05, 3.63) is 42.5 Å². The Morgan fingerprint density at radius 3 is 2.59 bits per heavy atom. The van der Waals surface area contributed by atoms with Crippen molar-refractivity contribution in [2.24, 2.45) is 0 Å². The van der Waals surface area contributed by atoms with Gasteiger partial charge in [0.2, 0.25) is 10.0 Å². The Bertz CT molecular complexity index is 958. The molecule has 0 saturated heterocycles. The Balaban J connectivity index is 1.97. The van der Waals surface area contributed by atoms with Gasteiger partial charge in [-0.2, -0.15) is 0 Å². The molecule has 0 aliphatic carbocycles. The first-order valence-electron chi connectivity index (χ1n) is 6.60. The lowest BCUT2D eigenvalue weighted by Crippen LogP contribution is -2.26. The second-order valence-corrected chi connectivity index (χ2v) is 6.56. The highest BCUT2D eigenvalue weighted by atomic mass is 32.2. The van der Waals surface area contributed by atoms with Gasteiger partial charge in [0.05, 0.1) is 11.3 Å². The smallest absolute Gasteiger partial charge is 0.304 e. The molecule has 0 aliphatic rings. The summed E-state index contributed by atoms with van der Waals surface area (Å²) in [4.78, 5) is 10.5. The summed E-state index contributed by atoms with van der Waals surface area (Å²) >= 11 is 0. The van der Waals surface area contributed by atoms with Gasteiger partial charge in [0.25, 0.3) is 0 Å². The number of aliphatic carboxylic acids is 1. The highest BCUT2D eigenvalue weighted by Crippen LogP contribution is 2.29. The van der Waals surface area contributed by atoms with Crippen LogP contribution in [0.25, 0.3) is 21.9 Å². The fourth-order valence-corrected chi connectivity index (χ4v) is 3.30. The van der Waals surface area contributed by atoms with Gasteiger partial charge in [0.1, 0.15) is 11.2 Å². The maximum atomic E-state index is 12.1. The number of fused-ring (bicyclic) bond motifs is 3. The number of carboxylic acid groups (broad SMARTS) is 1. The molecule has 1 heterocycles. The molecule has 0 spiro atoms. The molecule has 0 saturated carbocycles. The summed E-state index contributed by atoms with van der Waals surface area (Å²) in [6.45, 7) is -0.157. The lowest BCUT2D eigenvalue weighted by atomic mass is 10.2. The summed E-state index contributed by atoms with van der Waals surface area (Å²) in [6.07, 6.45) is -0.272. The molecule has 0 bridgehead atoms. The summed E-state index contributed by atoms with van der Waals surface area (Å²) in [7, 11) is -3.76. The van der Waals surface area contributed by atoms with E-state index < -0.39 is 16.0 Å². The number of furan rings is 1. The van der Waals surface area contributed by atoms with E-state index in [1.165, 1.54) is 12.1 Å². The van der Waals surface area contributed by atoms with Crippen LogP contribution in [0.1, 0.15) is 6.42 Å². The molecule has 0 atom stereocenters. The molecule has 0 amide bonds. The Labute approximate surface area is 126 Å². The molecule has 3 aromatic rings. The highest BCUT2D eigenvalue weighted by Gasteiger charge is 2.16. The number of nitrogens with one attached hydrogen (secondary N) is 1. The van der Waals surface area contributed by atoms with Crippen LogP contribution in [0.15, 0.2) is 51.8 Å². The Morgan fingerprint density at radius 2 is 1.82 bits per heavy atom. The van der Waals surface area contributed by atoms with Crippen molar-refractivity contribution in [2.45, 2.75) is 11.3 Å². The van der Waals surface area contributed by atoms with Crippen molar-refractivity contribution in [3.8, 4) is 0 Å². The van der Waals surface area contributed by atoms with Crippen molar-refractivity contribution in [1.29, 1.82) is 0 Å². The van der Waals surface area contributed by atoms with E-state index in [2.05, 4.69) is 4.72 Å². The summed E-state index contributed by atoms with van der Waals surface area (Å²) in [5.41, 5.74) is 1.16. The fraction of sp³-hybridized carbons (Fsp3) is 0.133. The normalized spacial score (nSPS) is 12.0. The zero-order valence-corrected chi connectivity index (χ0v) is 12.3. The first-order valence-corrected chi connectivity index (χ1v) is 8.08. The van der Waals surface area contributed by atoms with Crippen LogP contribution >= 0.6 is 0 Å². The topological polar surface area (TPSA) is 96.6 Å². The van der Waals surface area contributed by atoms with E-state index in [4.69, 9.17) is 9.52 Å². The zero-order chi connectivity index (χ0) is 15.7. The fourth-order valence-electron chi connectivity index (χ4n) is 2.25. The van der Waals surface area contributed by atoms with Crippen LogP contribution in [-0.4, -0.2) is 26.0 Å². The van der Waals surface area contributed by atoms with E-state index in [1.807, 2.05) is 24.3 Å². The number of benzene rings is 2. The number of sulfonamides is 1. The molecule has 3 rings (SSSR count). The minimum Gasteiger partial charge on any atom is -0.481 e. The van der Waals surface area contributed by atoms with Crippen LogP contribution in [0.5, 0.6) is 0 Å². The van der Waals surface area contributed by atoms with E-state index in [0.717, 1.165) is 10.8 Å². The van der Waals surface area contributed by atoms with Gasteiger partial charge in [-0.1, -0.05) is 18.2 Å². The molecule has 6 nitrogen and oxygen atoms in total. The average molecular weight is 319 g/mol. The maximum Gasteiger partial charge on any atom is 0.304 e. The third-order valence-corrected chi connectivity index (χ3v) is 4.75. The zero-order valence-electron chi connectivity index (χ0n) is 11.4. The monoisotopic (exact) mass is 319 g/mol. The molecule has 0 radical (unpaired) electrons. The van der Waals surface area contributed by atoms with Crippen molar-refractivity contribution >= 4 is 37.9 Å². The largest absolute Gasteiger partial charge is 0.481 e. The highest BCUT2D eigenvalue weighted by molar-refractivity contribution is 7.89. The van der Waals surface area contributed by atoms with E-state index in [9.17, 15) is 13.2 Å². The predicted molar refractivity (Wildman–Crippen MR) is 81.2 cm³/mol. The van der Waals surface area contributed by atoms with Crippen molar-refractivity contribution in [3.63, 3.8) is 0 Å². The third-order valence-electron chi connectivity index (χ3n) is 3.29. The Morgan fingerprint density at radius 1 is 1.09 bits per heavy atom. The molecule has 0 fully saturated rings. The van der Waals surface area contributed by atoms with Crippen LogP contribution in [0.4, 0.5) is 0 Å². The molecule has 114 valence electrons. The minimum atomic E-state index is -3.76. The standard InChI is InChI=1S/C15H13NO5S/c17-15(18)7-8-16-22(19,20)10-5-6-12-11-3-1-2-4-13(11)21-14(12)9-10/h1-6,9,16H,7-8H2,(H,17,18). The minimum absolute atomic E-state index is 0.0458. The first-order chi connectivity index (χ1) is 10.5. The number of para-hydroxylation sites is 1. The molecule has 22 heavy (non-hydrogen) atoms. The van der Waals surface area contributed by atoms with Gasteiger partial charge in [-0.05, 0) is 18.2 Å². The summed E-state index contributed by atoms with van der Waals surface area (Å²) in [5, 5.41) is 10.3. The summed E-state index contributed by atoms with van der Waals surface area (Å²) in [5.74, 6) is -1.06. The molecule has 0 aliphatic heterocycles. The van der Waals surface area contributed by atoms with Gasteiger partial charge in [-0.3, -0.25) is 4.79 Å². The van der Waals surface area contributed by atoms with Crippen LogP contribution < -0.4 is 4.72 Å². The van der Waals surface area contributed by atoms with E-state index in [1.54, 1.807) is 6.07 Å². The van der Waals surface area contributed by atoms with Gasteiger partial charge < -0.3 is 9.52 Å². The molecule has 1 aromatic heterocycles. The van der Waals surface area contributed by atoms with Crippen molar-refractivity contribution < 1.29 is 22.7 Å². The molecule has 2 N–H and O–H groups in total. The lowest BCUT2D eigenvalue weighted by molar-refractivity contribution is -0.136. The van der Waals surface area contributed by atoms with Crippen LogP contribution in [0, 0.1) is 0 Å². The maximum absolute atomic E-state index is 12.1. The predicted octanol–water partition coefficient (Wildman–Crippen LogP) is 2.34. The number of hydrogen-bond acceptors (Lipinski definition) is 4. The van der Waals surface area contributed by atoms with Gasteiger partial charge >= 0.3 is 5.97 Å². The lowest BCUT2D eigenvalue weighted by Gasteiger charge is -2.05. The SMILES string of the molecule is O=C(O)CCNS(=O)(=O)c1ccc2c(c1)oc1ccccc12. The number of carbonyl (C=O) groups is 1. The number of hydrogen-bond donors (Lipinski definition) is 2.